The molecule has 0 saturated heterocycles. The molecule has 3 rings (SSSR count). The van der Waals surface area contributed by atoms with Gasteiger partial charge in [-0.2, -0.15) is 0 Å². The fourth-order valence-corrected chi connectivity index (χ4v) is 4.58. The lowest BCUT2D eigenvalue weighted by Crippen LogP contribution is -2.32. The van der Waals surface area contributed by atoms with Crippen molar-refractivity contribution in [3.63, 3.8) is 0 Å². The Kier molecular flexibility index (Phi) is 5.22. The van der Waals surface area contributed by atoms with E-state index in [1.165, 1.54) is 10.4 Å². The molecule has 1 aliphatic rings. The van der Waals surface area contributed by atoms with Crippen LogP contribution in [0.3, 0.4) is 0 Å². The molecule has 1 amide bonds. The van der Waals surface area contributed by atoms with Gasteiger partial charge >= 0.3 is 0 Å². The van der Waals surface area contributed by atoms with Crippen molar-refractivity contribution in [2.75, 3.05) is 21.9 Å². The molecule has 2 aromatic carbocycles. The second-order valence-corrected chi connectivity index (χ2v) is 8.55. The van der Waals surface area contributed by atoms with Crippen LogP contribution in [0.2, 0.25) is 10.0 Å². The summed E-state index contributed by atoms with van der Waals surface area (Å²) >= 11 is 11.9. The average molecular weight is 399 g/mol. The molecule has 5 nitrogen and oxygen atoms in total. The molecule has 2 aromatic rings. The minimum Gasteiger partial charge on any atom is -0.325 e. The normalized spacial score (nSPS) is 13.6. The second kappa shape index (κ2) is 7.23. The second-order valence-electron chi connectivity index (χ2n) is 5.69. The predicted octanol–water partition coefficient (Wildman–Crippen LogP) is 3.71. The van der Waals surface area contributed by atoms with Crippen LogP contribution >= 0.6 is 23.2 Å². The zero-order chi connectivity index (χ0) is 18.0. The van der Waals surface area contributed by atoms with Crippen LogP contribution in [-0.4, -0.2) is 26.6 Å². The van der Waals surface area contributed by atoms with Crippen LogP contribution in [0, 0.1) is 0 Å². The van der Waals surface area contributed by atoms with E-state index >= 15 is 0 Å². The lowest BCUT2D eigenvalue weighted by molar-refractivity contribution is -0.115. The minimum atomic E-state index is -3.57. The third kappa shape index (κ3) is 4.08. The smallest absolute Gasteiger partial charge is 0.235 e. The van der Waals surface area contributed by atoms with Crippen LogP contribution in [-0.2, 0) is 21.2 Å². The number of carbonyl (C=O) groups is 1. The Morgan fingerprint density at radius 3 is 2.72 bits per heavy atom. The molecule has 1 N–H and O–H groups in total. The lowest BCUT2D eigenvalue weighted by Gasteiger charge is -2.19. The van der Waals surface area contributed by atoms with Gasteiger partial charge in [-0.3, -0.25) is 9.10 Å². The summed E-state index contributed by atoms with van der Waals surface area (Å²) in [5.74, 6) is -0.703. The van der Waals surface area contributed by atoms with Crippen LogP contribution < -0.4 is 9.62 Å². The van der Waals surface area contributed by atoms with Gasteiger partial charge in [0.05, 0.1) is 22.2 Å². The van der Waals surface area contributed by atoms with E-state index in [2.05, 4.69) is 5.32 Å². The maximum Gasteiger partial charge on any atom is 0.235 e. The highest BCUT2D eigenvalue weighted by Crippen LogP contribution is 2.30. The maximum absolute atomic E-state index is 12.6. The molecule has 0 atom stereocenters. The Balaban J connectivity index is 1.65. The number of hydrogen-bond donors (Lipinski definition) is 1. The molecule has 0 aromatic heterocycles. The first-order valence-electron chi connectivity index (χ1n) is 7.70. The van der Waals surface area contributed by atoms with Crippen molar-refractivity contribution in [2.24, 2.45) is 0 Å². The molecule has 0 radical (unpaired) electrons. The summed E-state index contributed by atoms with van der Waals surface area (Å²) in [5, 5.41) is 3.37. The number of halogens is 2. The van der Waals surface area contributed by atoms with Gasteiger partial charge in [0.1, 0.15) is 0 Å². The topological polar surface area (TPSA) is 66.5 Å². The fourth-order valence-electron chi connectivity index (χ4n) is 2.73. The standard InChI is InChI=1S/C17H16Cl2N2O3S/c18-13-5-6-14(19)15(11-13)20-17(22)8-10-25(23,24)21-9-7-12-3-1-2-4-16(12)21/h1-6,11H,7-10H2,(H,20,22). The molecule has 132 valence electrons. The van der Waals surface area contributed by atoms with Crippen molar-refractivity contribution in [1.29, 1.82) is 0 Å². The number of rotatable bonds is 5. The summed E-state index contributed by atoms with van der Waals surface area (Å²) in [5.41, 5.74) is 2.06. The van der Waals surface area contributed by atoms with E-state index in [4.69, 9.17) is 23.2 Å². The number of anilines is 2. The quantitative estimate of drug-likeness (QED) is 0.834. The van der Waals surface area contributed by atoms with E-state index < -0.39 is 15.9 Å². The first kappa shape index (κ1) is 18.0. The molecule has 0 fully saturated rings. The highest BCUT2D eigenvalue weighted by molar-refractivity contribution is 7.92. The van der Waals surface area contributed by atoms with Gasteiger partial charge < -0.3 is 5.32 Å². The van der Waals surface area contributed by atoms with Crippen LogP contribution in [0.25, 0.3) is 0 Å². The van der Waals surface area contributed by atoms with Crippen LogP contribution in [0.1, 0.15) is 12.0 Å². The van der Waals surface area contributed by atoms with Crippen molar-refractivity contribution in [1.82, 2.24) is 0 Å². The number of para-hydroxylation sites is 1. The number of fused-ring (bicyclic) bond motifs is 1. The number of hydrogen-bond acceptors (Lipinski definition) is 3. The number of nitrogens with one attached hydrogen (secondary N) is 1. The largest absolute Gasteiger partial charge is 0.325 e. The van der Waals surface area contributed by atoms with Crippen LogP contribution in [0.4, 0.5) is 11.4 Å². The Morgan fingerprint density at radius 1 is 1.16 bits per heavy atom. The number of sulfonamides is 1. The van der Waals surface area contributed by atoms with E-state index in [0.29, 0.717) is 34.4 Å². The molecule has 0 spiro atoms. The van der Waals surface area contributed by atoms with E-state index in [0.717, 1.165) is 5.56 Å². The van der Waals surface area contributed by atoms with E-state index in [-0.39, 0.29) is 12.2 Å². The van der Waals surface area contributed by atoms with E-state index in [1.807, 2.05) is 12.1 Å². The molecule has 25 heavy (non-hydrogen) atoms. The number of nitrogens with zero attached hydrogens (tertiary/aromatic N) is 1. The zero-order valence-corrected chi connectivity index (χ0v) is 15.5. The van der Waals surface area contributed by atoms with Gasteiger partial charge in [-0.25, -0.2) is 8.42 Å². The highest BCUT2D eigenvalue weighted by Gasteiger charge is 2.29. The minimum absolute atomic E-state index is 0.163. The molecular formula is C17H16Cl2N2O3S. The summed E-state index contributed by atoms with van der Waals surface area (Å²) in [6.45, 7) is 0.406. The van der Waals surface area contributed by atoms with Crippen molar-refractivity contribution < 1.29 is 13.2 Å². The lowest BCUT2D eigenvalue weighted by atomic mass is 10.2. The van der Waals surface area contributed by atoms with Crippen molar-refractivity contribution in [2.45, 2.75) is 12.8 Å². The van der Waals surface area contributed by atoms with Gasteiger partial charge in [0, 0.05) is 18.0 Å². The summed E-state index contributed by atoms with van der Waals surface area (Å²) in [4.78, 5) is 12.1. The van der Waals surface area contributed by atoms with Gasteiger partial charge in [-0.15, -0.1) is 0 Å². The molecule has 0 unspecified atom stereocenters. The molecule has 8 heteroatoms. The van der Waals surface area contributed by atoms with E-state index in [9.17, 15) is 13.2 Å². The monoisotopic (exact) mass is 398 g/mol. The van der Waals surface area contributed by atoms with Gasteiger partial charge in [0.2, 0.25) is 15.9 Å². The predicted molar refractivity (Wildman–Crippen MR) is 101 cm³/mol. The van der Waals surface area contributed by atoms with Gasteiger partial charge in [-0.1, -0.05) is 41.4 Å². The van der Waals surface area contributed by atoms with Gasteiger partial charge in [-0.05, 0) is 36.2 Å². The first-order valence-corrected chi connectivity index (χ1v) is 10.1. The molecule has 1 heterocycles. The fraction of sp³-hybridized carbons (Fsp3) is 0.235. The highest BCUT2D eigenvalue weighted by atomic mass is 35.5. The molecule has 0 saturated carbocycles. The van der Waals surface area contributed by atoms with Crippen molar-refractivity contribution >= 4 is 50.5 Å². The molecule has 0 bridgehead atoms. The van der Waals surface area contributed by atoms with Crippen LogP contribution in [0.5, 0.6) is 0 Å². The maximum atomic E-state index is 12.6. The Bertz CT molecular complexity index is 916. The summed E-state index contributed by atoms with van der Waals surface area (Å²) in [6.07, 6.45) is 0.517. The number of amides is 1. The zero-order valence-electron chi connectivity index (χ0n) is 13.2. The van der Waals surface area contributed by atoms with Gasteiger partial charge in [0.25, 0.3) is 0 Å². The van der Waals surface area contributed by atoms with Crippen LogP contribution in [0.15, 0.2) is 42.5 Å². The van der Waals surface area contributed by atoms with Crippen molar-refractivity contribution in [3.8, 4) is 0 Å². The van der Waals surface area contributed by atoms with Gasteiger partial charge in [0.15, 0.2) is 0 Å². The Hall–Kier alpha value is -1.76. The third-order valence-electron chi connectivity index (χ3n) is 3.97. The Morgan fingerprint density at radius 2 is 1.92 bits per heavy atom. The number of benzene rings is 2. The summed E-state index contributed by atoms with van der Waals surface area (Å²) in [6, 6.07) is 12.1. The van der Waals surface area contributed by atoms with E-state index in [1.54, 1.807) is 24.3 Å². The molecule has 1 aliphatic heterocycles. The average Bonchev–Trinajstić information content (AvgIpc) is 3.01. The molecular weight excluding hydrogens is 383 g/mol. The Labute approximate surface area is 156 Å². The summed E-state index contributed by atoms with van der Waals surface area (Å²) < 4.78 is 26.5. The third-order valence-corrected chi connectivity index (χ3v) is 6.31. The summed E-state index contributed by atoms with van der Waals surface area (Å²) in [7, 11) is -3.57. The SMILES string of the molecule is O=C(CCS(=O)(=O)N1CCc2ccccc21)Nc1cc(Cl)ccc1Cl. The number of carbonyl (C=O) groups excluding carboxylic acids is 1. The molecule has 0 aliphatic carbocycles. The van der Waals surface area contributed by atoms with Crippen molar-refractivity contribution in [3.05, 3.63) is 58.1 Å². The first-order chi connectivity index (χ1) is 11.9.